The number of aromatic nitrogens is 3. The summed E-state index contributed by atoms with van der Waals surface area (Å²) in [4.78, 5) is 12.9. The molecular weight excluding hydrogens is 745 g/mol. The number of rotatable bonds is 6. The van der Waals surface area contributed by atoms with Crippen LogP contribution in [0.2, 0.25) is 0 Å². The van der Waals surface area contributed by atoms with Crippen molar-refractivity contribution in [1.82, 2.24) is 14.5 Å². The molecule has 12 rings (SSSR count). The maximum Gasteiger partial charge on any atom is 0.162 e. The lowest BCUT2D eigenvalue weighted by Crippen LogP contribution is -2.15. The van der Waals surface area contributed by atoms with E-state index in [0.717, 1.165) is 84.3 Å². The molecule has 0 spiro atoms. The Hall–Kier alpha value is -8.28. The van der Waals surface area contributed by atoms with Gasteiger partial charge >= 0.3 is 0 Å². The maximum absolute atomic E-state index is 6.73. The molecule has 61 heavy (non-hydrogen) atoms. The predicted molar refractivity (Wildman–Crippen MR) is 250 cm³/mol. The van der Waals surface area contributed by atoms with E-state index in [1.807, 2.05) is 42.5 Å². The van der Waals surface area contributed by atoms with E-state index >= 15 is 0 Å². The first-order valence-corrected chi connectivity index (χ1v) is 20.6. The number of hydrogen-bond donors (Lipinski definition) is 0. The molecule has 0 unspecified atom stereocenters. The van der Waals surface area contributed by atoms with Crippen LogP contribution < -0.4 is 9.64 Å². The summed E-state index contributed by atoms with van der Waals surface area (Å²) in [6, 6.07) is 76.6. The molecule has 0 saturated heterocycles. The molecule has 0 amide bonds. The number of para-hydroxylation sites is 4. The third-order valence-corrected chi connectivity index (χ3v) is 11.8. The van der Waals surface area contributed by atoms with Crippen molar-refractivity contribution in [3.63, 3.8) is 0 Å². The van der Waals surface area contributed by atoms with Gasteiger partial charge in [0, 0.05) is 39.2 Å². The number of fused-ring (bicyclic) bond motifs is 7. The Morgan fingerprint density at radius 1 is 0.410 bits per heavy atom. The Morgan fingerprint density at radius 2 is 1.05 bits per heavy atom. The molecule has 0 aliphatic carbocycles. The van der Waals surface area contributed by atoms with Crippen molar-refractivity contribution in [3.05, 3.63) is 218 Å². The highest BCUT2D eigenvalue weighted by Gasteiger charge is 2.27. The summed E-state index contributed by atoms with van der Waals surface area (Å²) in [5, 5.41) is 4.71. The minimum Gasteiger partial charge on any atom is -0.453 e. The second kappa shape index (κ2) is 14.2. The van der Waals surface area contributed by atoms with E-state index in [2.05, 4.69) is 185 Å². The molecule has 1 aliphatic heterocycles. The standard InChI is InChI=1S/C56H36N4O/c1-4-15-37(16-5-1)38-27-29-40(30-28-38)47-36-53(58-56(57-47)41-18-6-2-7-19-41)60-50-34-31-39-17-10-11-22-44(39)54(50)46-24-14-23-45(55(46)60)42-32-33-49-52(35-42)61-51-26-13-12-25-48(51)59(49)43-20-8-3-9-21-43/h1-36H. The number of hydrogen-bond acceptors (Lipinski definition) is 4. The second-order valence-electron chi connectivity index (χ2n) is 15.4. The smallest absolute Gasteiger partial charge is 0.162 e. The van der Waals surface area contributed by atoms with Gasteiger partial charge in [0.1, 0.15) is 5.82 Å². The number of nitrogens with zero attached hydrogens (tertiary/aromatic N) is 4. The highest BCUT2D eigenvalue weighted by molar-refractivity contribution is 6.23. The molecule has 0 fully saturated rings. The molecule has 1 aliphatic rings. The average molecular weight is 781 g/mol. The van der Waals surface area contributed by atoms with Crippen LogP contribution >= 0.6 is 0 Å². The molecule has 5 nitrogen and oxygen atoms in total. The maximum atomic E-state index is 6.73. The number of benzene rings is 9. The van der Waals surface area contributed by atoms with E-state index < -0.39 is 0 Å². The average Bonchev–Trinajstić information content (AvgIpc) is 3.69. The molecule has 2 aromatic heterocycles. The van der Waals surface area contributed by atoms with Gasteiger partial charge in [-0.15, -0.1) is 0 Å². The Bertz CT molecular complexity index is 3430. The zero-order valence-electron chi connectivity index (χ0n) is 33.0. The molecule has 5 heteroatoms. The van der Waals surface area contributed by atoms with Crippen molar-refractivity contribution in [2.45, 2.75) is 0 Å². The molecule has 9 aromatic carbocycles. The van der Waals surface area contributed by atoms with E-state index in [1.165, 1.54) is 21.7 Å². The first-order valence-electron chi connectivity index (χ1n) is 20.6. The summed E-state index contributed by atoms with van der Waals surface area (Å²) in [5.74, 6) is 3.06. The minimum absolute atomic E-state index is 0.662. The van der Waals surface area contributed by atoms with Gasteiger partial charge in [0.15, 0.2) is 17.3 Å². The van der Waals surface area contributed by atoms with Gasteiger partial charge in [-0.1, -0.05) is 170 Å². The summed E-state index contributed by atoms with van der Waals surface area (Å²) >= 11 is 0. The topological polar surface area (TPSA) is 43.2 Å². The normalized spacial score (nSPS) is 12.0. The van der Waals surface area contributed by atoms with Crippen LogP contribution in [0.3, 0.4) is 0 Å². The van der Waals surface area contributed by atoms with Crippen molar-refractivity contribution in [2.75, 3.05) is 4.90 Å². The van der Waals surface area contributed by atoms with Gasteiger partial charge in [-0.2, -0.15) is 0 Å². The van der Waals surface area contributed by atoms with Gasteiger partial charge in [0.05, 0.1) is 28.1 Å². The SMILES string of the molecule is c1ccc(-c2ccc(-c3cc(-n4c5ccc6ccccc6c5c5cccc(-c6ccc7c(c6)Oc6ccccc6N7c6ccccc6)c54)nc(-c4ccccc4)n3)cc2)cc1. The molecule has 286 valence electrons. The molecule has 3 heterocycles. The van der Waals surface area contributed by atoms with Gasteiger partial charge < -0.3 is 9.64 Å². The van der Waals surface area contributed by atoms with Crippen molar-refractivity contribution < 1.29 is 4.74 Å². The monoisotopic (exact) mass is 780 g/mol. The second-order valence-corrected chi connectivity index (χ2v) is 15.4. The van der Waals surface area contributed by atoms with E-state index in [4.69, 9.17) is 14.7 Å². The Labute approximate surface area is 353 Å². The fourth-order valence-electron chi connectivity index (χ4n) is 8.96. The van der Waals surface area contributed by atoms with Gasteiger partial charge in [0.2, 0.25) is 0 Å². The minimum atomic E-state index is 0.662. The van der Waals surface area contributed by atoms with Gasteiger partial charge in [-0.3, -0.25) is 4.57 Å². The van der Waals surface area contributed by atoms with E-state index in [-0.39, 0.29) is 0 Å². The highest BCUT2D eigenvalue weighted by Crippen LogP contribution is 2.52. The van der Waals surface area contributed by atoms with Crippen molar-refractivity contribution in [1.29, 1.82) is 0 Å². The van der Waals surface area contributed by atoms with Crippen LogP contribution in [-0.4, -0.2) is 14.5 Å². The summed E-state index contributed by atoms with van der Waals surface area (Å²) < 4.78 is 9.07. The molecule has 0 saturated carbocycles. The molecule has 0 N–H and O–H groups in total. The lowest BCUT2D eigenvalue weighted by molar-refractivity contribution is 0.477. The highest BCUT2D eigenvalue weighted by atomic mass is 16.5. The van der Waals surface area contributed by atoms with Crippen LogP contribution in [0.1, 0.15) is 0 Å². The summed E-state index contributed by atoms with van der Waals surface area (Å²) in [6.07, 6.45) is 0. The molecular formula is C56H36N4O. The molecule has 0 atom stereocenters. The molecule has 0 radical (unpaired) electrons. The lowest BCUT2D eigenvalue weighted by Gasteiger charge is -2.33. The predicted octanol–water partition coefficient (Wildman–Crippen LogP) is 15.0. The third kappa shape index (κ3) is 5.86. The van der Waals surface area contributed by atoms with Gasteiger partial charge in [0.25, 0.3) is 0 Å². The fourth-order valence-corrected chi connectivity index (χ4v) is 8.96. The first-order chi connectivity index (χ1) is 30.2. The first kappa shape index (κ1) is 34.7. The summed E-state index contributed by atoms with van der Waals surface area (Å²) in [5.41, 5.74) is 12.5. The molecule has 0 bridgehead atoms. The van der Waals surface area contributed by atoms with E-state index in [0.29, 0.717) is 5.82 Å². The zero-order valence-corrected chi connectivity index (χ0v) is 33.0. The number of ether oxygens (including phenoxy) is 1. The van der Waals surface area contributed by atoms with Crippen LogP contribution in [0.25, 0.3) is 83.3 Å². The summed E-state index contributed by atoms with van der Waals surface area (Å²) in [6.45, 7) is 0. The third-order valence-electron chi connectivity index (χ3n) is 11.8. The Morgan fingerprint density at radius 3 is 1.87 bits per heavy atom. The van der Waals surface area contributed by atoms with Crippen LogP contribution in [0.5, 0.6) is 11.5 Å². The van der Waals surface area contributed by atoms with E-state index in [9.17, 15) is 0 Å². The van der Waals surface area contributed by atoms with Crippen molar-refractivity contribution in [2.24, 2.45) is 0 Å². The lowest BCUT2D eigenvalue weighted by atomic mass is 9.99. The van der Waals surface area contributed by atoms with Crippen molar-refractivity contribution >= 4 is 49.6 Å². The van der Waals surface area contributed by atoms with Gasteiger partial charge in [-0.05, 0) is 69.9 Å². The zero-order chi connectivity index (χ0) is 40.3. The van der Waals surface area contributed by atoms with Crippen LogP contribution in [-0.2, 0) is 0 Å². The Balaban J connectivity index is 1.10. The Kier molecular flexibility index (Phi) is 8.10. The van der Waals surface area contributed by atoms with Crippen molar-refractivity contribution in [3.8, 4) is 62.2 Å². The van der Waals surface area contributed by atoms with Crippen LogP contribution in [0.15, 0.2) is 218 Å². The summed E-state index contributed by atoms with van der Waals surface area (Å²) in [7, 11) is 0. The number of anilines is 3. The largest absolute Gasteiger partial charge is 0.453 e. The quantitative estimate of drug-likeness (QED) is 0.169. The molecule has 11 aromatic rings. The fraction of sp³-hybridized carbons (Fsp3) is 0. The van der Waals surface area contributed by atoms with Gasteiger partial charge in [-0.25, -0.2) is 9.97 Å². The van der Waals surface area contributed by atoms with Crippen LogP contribution in [0.4, 0.5) is 17.1 Å². The van der Waals surface area contributed by atoms with E-state index in [1.54, 1.807) is 0 Å². The van der Waals surface area contributed by atoms with Crippen LogP contribution in [0, 0.1) is 0 Å².